The highest BCUT2D eigenvalue weighted by Gasteiger charge is 2.29. The molecule has 1 N–H and O–H groups in total. The molecule has 80 valence electrons. The Kier molecular flexibility index (Phi) is 2.34. The average molecular weight is 209 g/mol. The second kappa shape index (κ2) is 3.53. The molecular formula is C11H12FNO2. The highest BCUT2D eigenvalue weighted by molar-refractivity contribution is 5.96. The summed E-state index contributed by atoms with van der Waals surface area (Å²) in [5, 5.41) is 9.04. The van der Waals surface area contributed by atoms with E-state index in [1.54, 1.807) is 11.0 Å². The maximum Gasteiger partial charge on any atom is 0.227 e. The Morgan fingerprint density at radius 3 is 2.80 bits per heavy atom. The molecule has 15 heavy (non-hydrogen) atoms. The van der Waals surface area contributed by atoms with E-state index in [1.165, 1.54) is 12.1 Å². The van der Waals surface area contributed by atoms with Gasteiger partial charge in [0.05, 0.1) is 0 Å². The molecule has 1 aliphatic heterocycles. The van der Waals surface area contributed by atoms with E-state index in [0.717, 1.165) is 6.42 Å². The van der Waals surface area contributed by atoms with Crippen molar-refractivity contribution < 1.29 is 14.3 Å². The van der Waals surface area contributed by atoms with Gasteiger partial charge < -0.3 is 10.0 Å². The van der Waals surface area contributed by atoms with Crippen LogP contribution in [0.25, 0.3) is 0 Å². The van der Waals surface area contributed by atoms with Gasteiger partial charge in [0.15, 0.2) is 11.6 Å². The molecule has 0 bridgehead atoms. The van der Waals surface area contributed by atoms with Gasteiger partial charge in [0.1, 0.15) is 0 Å². The van der Waals surface area contributed by atoms with E-state index in [2.05, 4.69) is 0 Å². The number of halogens is 1. The van der Waals surface area contributed by atoms with Crippen molar-refractivity contribution in [3.8, 4) is 5.75 Å². The molecule has 0 radical (unpaired) electrons. The van der Waals surface area contributed by atoms with Crippen molar-refractivity contribution >= 4 is 11.6 Å². The zero-order valence-corrected chi connectivity index (χ0v) is 8.40. The smallest absolute Gasteiger partial charge is 0.227 e. The molecule has 1 fully saturated rings. The topological polar surface area (TPSA) is 40.5 Å². The van der Waals surface area contributed by atoms with Crippen LogP contribution in [0.5, 0.6) is 5.75 Å². The summed E-state index contributed by atoms with van der Waals surface area (Å²) >= 11 is 0. The molecule has 1 aromatic carbocycles. The summed E-state index contributed by atoms with van der Waals surface area (Å²) in [6.07, 6.45) is 1.30. The molecule has 3 nitrogen and oxygen atoms in total. The highest BCUT2D eigenvalue weighted by atomic mass is 19.1. The van der Waals surface area contributed by atoms with Crippen LogP contribution in [0.4, 0.5) is 10.1 Å². The lowest BCUT2D eigenvalue weighted by Crippen LogP contribution is -2.30. The number of hydrogen-bond donors (Lipinski definition) is 1. The Balaban J connectivity index is 2.36. The van der Waals surface area contributed by atoms with Crippen molar-refractivity contribution in [1.82, 2.24) is 0 Å². The van der Waals surface area contributed by atoms with Gasteiger partial charge in [-0.05, 0) is 25.5 Å². The number of anilines is 1. The van der Waals surface area contributed by atoms with E-state index < -0.39 is 11.6 Å². The summed E-state index contributed by atoms with van der Waals surface area (Å²) in [6.45, 7) is 1.93. The number of phenols is 1. The Hall–Kier alpha value is -1.58. The van der Waals surface area contributed by atoms with Gasteiger partial charge in [0.25, 0.3) is 0 Å². The van der Waals surface area contributed by atoms with E-state index in [4.69, 9.17) is 5.11 Å². The van der Waals surface area contributed by atoms with Crippen LogP contribution in [0, 0.1) is 5.82 Å². The van der Waals surface area contributed by atoms with Gasteiger partial charge in [-0.15, -0.1) is 0 Å². The van der Waals surface area contributed by atoms with Crippen LogP contribution >= 0.6 is 0 Å². The number of benzene rings is 1. The first kappa shape index (κ1) is 9.96. The fourth-order valence-electron chi connectivity index (χ4n) is 1.87. The molecule has 1 atom stereocenters. The lowest BCUT2D eigenvalue weighted by Gasteiger charge is -2.21. The second-order valence-corrected chi connectivity index (χ2v) is 3.79. The number of carbonyl (C=O) groups excluding carboxylic acids is 1. The third-order valence-corrected chi connectivity index (χ3v) is 2.69. The number of carbonyl (C=O) groups is 1. The summed E-state index contributed by atoms with van der Waals surface area (Å²) in [5.41, 5.74) is 0.514. The van der Waals surface area contributed by atoms with Crippen molar-refractivity contribution in [3.05, 3.63) is 24.0 Å². The largest absolute Gasteiger partial charge is 0.505 e. The highest BCUT2D eigenvalue weighted by Crippen LogP contribution is 2.29. The fraction of sp³-hybridized carbons (Fsp3) is 0.364. The van der Waals surface area contributed by atoms with Gasteiger partial charge in [-0.2, -0.15) is 0 Å². The summed E-state index contributed by atoms with van der Waals surface area (Å²) < 4.78 is 13.1. The maximum absolute atomic E-state index is 13.1. The molecule has 1 aromatic rings. The number of nitrogens with zero attached hydrogens (tertiary/aromatic N) is 1. The summed E-state index contributed by atoms with van der Waals surface area (Å²) in [5.74, 6) is -1.08. The Bertz CT molecular complexity index is 406. The molecule has 1 heterocycles. The van der Waals surface area contributed by atoms with Crippen LogP contribution in [0.15, 0.2) is 18.2 Å². The Morgan fingerprint density at radius 1 is 1.53 bits per heavy atom. The van der Waals surface area contributed by atoms with Gasteiger partial charge in [-0.25, -0.2) is 4.39 Å². The Labute approximate surface area is 87.1 Å². The van der Waals surface area contributed by atoms with Gasteiger partial charge in [0.2, 0.25) is 5.91 Å². The minimum absolute atomic E-state index is 0.00703. The Morgan fingerprint density at radius 2 is 2.27 bits per heavy atom. The van der Waals surface area contributed by atoms with Crippen molar-refractivity contribution in [1.29, 1.82) is 0 Å². The monoisotopic (exact) mass is 209 g/mol. The first-order valence-corrected chi connectivity index (χ1v) is 4.90. The van der Waals surface area contributed by atoms with Crippen LogP contribution < -0.4 is 4.90 Å². The predicted molar refractivity (Wildman–Crippen MR) is 54.2 cm³/mol. The number of rotatable bonds is 1. The van der Waals surface area contributed by atoms with Crippen molar-refractivity contribution in [2.45, 2.75) is 25.8 Å². The molecule has 1 unspecified atom stereocenters. The third-order valence-electron chi connectivity index (χ3n) is 2.69. The quantitative estimate of drug-likeness (QED) is 0.769. The molecule has 0 aliphatic carbocycles. The van der Waals surface area contributed by atoms with E-state index >= 15 is 0 Å². The van der Waals surface area contributed by atoms with Crippen LogP contribution in [0.3, 0.4) is 0 Å². The van der Waals surface area contributed by atoms with Gasteiger partial charge in [-0.3, -0.25) is 4.79 Å². The van der Waals surface area contributed by atoms with Crippen molar-refractivity contribution in [3.63, 3.8) is 0 Å². The number of hydrogen-bond acceptors (Lipinski definition) is 2. The zero-order chi connectivity index (χ0) is 11.0. The molecule has 1 aliphatic rings. The fourth-order valence-corrected chi connectivity index (χ4v) is 1.87. The lowest BCUT2D eigenvalue weighted by atomic mass is 10.2. The summed E-state index contributed by atoms with van der Waals surface area (Å²) in [4.78, 5) is 13.1. The molecule has 0 spiro atoms. The molecule has 4 heteroatoms. The van der Waals surface area contributed by atoms with E-state index in [1.807, 2.05) is 6.92 Å². The standard InChI is InChI=1S/C11H12FNO2/c1-7-2-5-11(15)13(7)8-3-4-10(14)9(12)6-8/h3-4,6-7,14H,2,5H2,1H3. The van der Waals surface area contributed by atoms with Gasteiger partial charge in [0, 0.05) is 24.2 Å². The number of aromatic hydroxyl groups is 1. The predicted octanol–water partition coefficient (Wildman–Crippen LogP) is 2.05. The molecule has 0 aromatic heterocycles. The van der Waals surface area contributed by atoms with Gasteiger partial charge >= 0.3 is 0 Å². The normalized spacial score (nSPS) is 21.1. The summed E-state index contributed by atoms with van der Waals surface area (Å²) in [7, 11) is 0. The second-order valence-electron chi connectivity index (χ2n) is 3.79. The molecule has 1 saturated heterocycles. The zero-order valence-electron chi connectivity index (χ0n) is 8.40. The number of amides is 1. The van der Waals surface area contributed by atoms with E-state index in [-0.39, 0.29) is 11.9 Å². The van der Waals surface area contributed by atoms with Crippen LogP contribution in [0.2, 0.25) is 0 Å². The van der Waals surface area contributed by atoms with Gasteiger partial charge in [-0.1, -0.05) is 0 Å². The average Bonchev–Trinajstić information content (AvgIpc) is 2.52. The third kappa shape index (κ3) is 1.67. The maximum atomic E-state index is 13.1. The SMILES string of the molecule is CC1CCC(=O)N1c1ccc(O)c(F)c1. The molecule has 2 rings (SSSR count). The lowest BCUT2D eigenvalue weighted by molar-refractivity contribution is -0.117. The van der Waals surface area contributed by atoms with Crippen molar-refractivity contribution in [2.24, 2.45) is 0 Å². The van der Waals surface area contributed by atoms with Crippen LogP contribution in [-0.2, 0) is 4.79 Å². The molecular weight excluding hydrogens is 197 g/mol. The number of phenolic OH excluding ortho intramolecular Hbond substituents is 1. The minimum Gasteiger partial charge on any atom is -0.505 e. The first-order chi connectivity index (χ1) is 7.09. The molecule has 0 saturated carbocycles. The van der Waals surface area contributed by atoms with Crippen LogP contribution in [0.1, 0.15) is 19.8 Å². The molecule has 1 amide bonds. The minimum atomic E-state index is -0.695. The van der Waals surface area contributed by atoms with Crippen LogP contribution in [-0.4, -0.2) is 17.1 Å². The van der Waals surface area contributed by atoms with E-state index in [9.17, 15) is 9.18 Å². The van der Waals surface area contributed by atoms with Crippen molar-refractivity contribution in [2.75, 3.05) is 4.90 Å². The van der Waals surface area contributed by atoms with E-state index in [0.29, 0.717) is 12.1 Å². The first-order valence-electron chi connectivity index (χ1n) is 4.90. The summed E-state index contributed by atoms with van der Waals surface area (Å²) in [6, 6.07) is 4.11.